The van der Waals surface area contributed by atoms with Crippen LogP contribution in [-0.4, -0.2) is 26.5 Å². The summed E-state index contributed by atoms with van der Waals surface area (Å²) in [5.74, 6) is 0.141. The number of hydrogen-bond acceptors (Lipinski definition) is 3. The van der Waals surface area contributed by atoms with Gasteiger partial charge in [0, 0.05) is 17.3 Å². The maximum Gasteiger partial charge on any atom is 0.147 e. The summed E-state index contributed by atoms with van der Waals surface area (Å²) in [5.41, 5.74) is 6.93. The third-order valence-corrected chi connectivity index (χ3v) is 3.50. The highest BCUT2D eigenvalue weighted by Crippen LogP contribution is 2.11. The number of rotatable bonds is 5. The summed E-state index contributed by atoms with van der Waals surface area (Å²) in [6, 6.07) is 7.29. The van der Waals surface area contributed by atoms with Gasteiger partial charge in [-0.2, -0.15) is 0 Å². The molecule has 90 valence electrons. The first-order chi connectivity index (χ1) is 7.37. The molecule has 2 N–H and O–H groups in total. The van der Waals surface area contributed by atoms with Crippen molar-refractivity contribution >= 4 is 21.4 Å². The summed E-state index contributed by atoms with van der Waals surface area (Å²) in [4.78, 5) is 0. The van der Waals surface area contributed by atoms with Gasteiger partial charge in [0.15, 0.2) is 0 Å². The van der Waals surface area contributed by atoms with Crippen molar-refractivity contribution in [3.8, 4) is 0 Å². The zero-order valence-electron chi connectivity index (χ0n) is 9.19. The number of sulfone groups is 1. The van der Waals surface area contributed by atoms with Crippen LogP contribution in [0.1, 0.15) is 12.0 Å². The summed E-state index contributed by atoms with van der Waals surface area (Å²) in [5, 5.41) is 0.688. The fourth-order valence-corrected chi connectivity index (χ4v) is 2.25. The van der Waals surface area contributed by atoms with Gasteiger partial charge in [-0.05, 0) is 30.5 Å². The zero-order valence-corrected chi connectivity index (χ0v) is 10.8. The standard InChI is InChI=1S/C11H16ClNO2S/c1-16(14,15)7-6-11(13)8-9-2-4-10(12)5-3-9/h2-5,11H,6-8,13H2,1H3. The predicted octanol–water partition coefficient (Wildman–Crippen LogP) is 1.64. The van der Waals surface area contributed by atoms with E-state index in [9.17, 15) is 8.42 Å². The molecule has 0 aliphatic carbocycles. The maximum atomic E-state index is 11.0. The third-order valence-electron chi connectivity index (χ3n) is 2.27. The minimum Gasteiger partial charge on any atom is -0.327 e. The second-order valence-corrected chi connectivity index (χ2v) is 6.71. The van der Waals surface area contributed by atoms with Gasteiger partial charge in [-0.3, -0.25) is 0 Å². The Bertz CT molecular complexity index is 428. The van der Waals surface area contributed by atoms with E-state index in [0.717, 1.165) is 5.56 Å². The van der Waals surface area contributed by atoms with Crippen LogP contribution in [0.5, 0.6) is 0 Å². The molecule has 1 atom stereocenters. The zero-order chi connectivity index (χ0) is 12.2. The van der Waals surface area contributed by atoms with Gasteiger partial charge in [-0.25, -0.2) is 8.42 Å². The summed E-state index contributed by atoms with van der Waals surface area (Å²) in [6.45, 7) is 0. The highest BCUT2D eigenvalue weighted by molar-refractivity contribution is 7.90. The van der Waals surface area contributed by atoms with Gasteiger partial charge in [0.1, 0.15) is 9.84 Å². The van der Waals surface area contributed by atoms with Crippen molar-refractivity contribution in [3.63, 3.8) is 0 Å². The topological polar surface area (TPSA) is 60.2 Å². The van der Waals surface area contributed by atoms with Crippen molar-refractivity contribution in [2.75, 3.05) is 12.0 Å². The van der Waals surface area contributed by atoms with Crippen molar-refractivity contribution in [1.82, 2.24) is 0 Å². The highest BCUT2D eigenvalue weighted by Gasteiger charge is 2.08. The van der Waals surface area contributed by atoms with Crippen LogP contribution in [-0.2, 0) is 16.3 Å². The number of hydrogen-bond donors (Lipinski definition) is 1. The van der Waals surface area contributed by atoms with Gasteiger partial charge in [0.2, 0.25) is 0 Å². The van der Waals surface area contributed by atoms with Crippen molar-refractivity contribution < 1.29 is 8.42 Å². The normalized spacial score (nSPS) is 13.7. The molecule has 1 aromatic carbocycles. The van der Waals surface area contributed by atoms with Crippen molar-refractivity contribution in [3.05, 3.63) is 34.9 Å². The van der Waals surface area contributed by atoms with Crippen molar-refractivity contribution in [2.24, 2.45) is 5.73 Å². The molecule has 0 aliphatic rings. The second kappa shape index (κ2) is 5.66. The van der Waals surface area contributed by atoms with Crippen LogP contribution in [0.3, 0.4) is 0 Å². The molecule has 0 radical (unpaired) electrons. The van der Waals surface area contributed by atoms with E-state index in [-0.39, 0.29) is 11.8 Å². The summed E-state index contributed by atoms with van der Waals surface area (Å²) in [7, 11) is -2.92. The fraction of sp³-hybridized carbons (Fsp3) is 0.455. The lowest BCUT2D eigenvalue weighted by Gasteiger charge is -2.10. The summed E-state index contributed by atoms with van der Waals surface area (Å²) >= 11 is 5.76. The highest BCUT2D eigenvalue weighted by atomic mass is 35.5. The number of halogens is 1. The molecule has 0 fully saturated rings. The van der Waals surface area contributed by atoms with Crippen molar-refractivity contribution in [1.29, 1.82) is 0 Å². The van der Waals surface area contributed by atoms with E-state index in [1.807, 2.05) is 12.1 Å². The van der Waals surface area contributed by atoms with Gasteiger partial charge < -0.3 is 5.73 Å². The molecule has 3 nitrogen and oxygen atoms in total. The molecule has 5 heteroatoms. The summed E-state index contributed by atoms with van der Waals surface area (Å²) < 4.78 is 21.9. The third kappa shape index (κ3) is 5.49. The van der Waals surface area contributed by atoms with Crippen LogP contribution < -0.4 is 5.73 Å². The molecule has 0 amide bonds. The molecule has 16 heavy (non-hydrogen) atoms. The van der Waals surface area contributed by atoms with E-state index < -0.39 is 9.84 Å². The van der Waals surface area contributed by atoms with Crippen LogP contribution in [0.4, 0.5) is 0 Å². The van der Waals surface area contributed by atoms with Crippen LogP contribution in [0, 0.1) is 0 Å². The Morgan fingerprint density at radius 1 is 1.31 bits per heavy atom. The molecule has 0 bridgehead atoms. The molecule has 1 aromatic rings. The lowest BCUT2D eigenvalue weighted by molar-refractivity contribution is 0.586. The van der Waals surface area contributed by atoms with Crippen LogP contribution in [0.25, 0.3) is 0 Å². The van der Waals surface area contributed by atoms with Gasteiger partial charge in [-0.1, -0.05) is 23.7 Å². The van der Waals surface area contributed by atoms with Crippen LogP contribution in [0.2, 0.25) is 5.02 Å². The Morgan fingerprint density at radius 3 is 2.38 bits per heavy atom. The predicted molar refractivity (Wildman–Crippen MR) is 67.5 cm³/mol. The molecule has 0 aliphatic heterocycles. The van der Waals surface area contributed by atoms with E-state index >= 15 is 0 Å². The Morgan fingerprint density at radius 2 is 1.88 bits per heavy atom. The Hall–Kier alpha value is -0.580. The van der Waals surface area contributed by atoms with Gasteiger partial charge in [-0.15, -0.1) is 0 Å². The smallest absolute Gasteiger partial charge is 0.147 e. The SMILES string of the molecule is CS(=O)(=O)CCC(N)Cc1ccc(Cl)cc1. The Labute approximate surface area is 102 Å². The quantitative estimate of drug-likeness (QED) is 0.877. The lowest BCUT2D eigenvalue weighted by Crippen LogP contribution is -2.25. The van der Waals surface area contributed by atoms with Gasteiger partial charge >= 0.3 is 0 Å². The molecule has 1 unspecified atom stereocenters. The molecule has 0 saturated heterocycles. The molecule has 0 heterocycles. The van der Waals surface area contributed by atoms with E-state index in [4.69, 9.17) is 17.3 Å². The van der Waals surface area contributed by atoms with Gasteiger partial charge in [0.05, 0.1) is 5.75 Å². The Balaban J connectivity index is 2.45. The fourth-order valence-electron chi connectivity index (χ4n) is 1.39. The Kier molecular flexibility index (Phi) is 4.77. The average Bonchev–Trinajstić information content (AvgIpc) is 2.18. The van der Waals surface area contributed by atoms with Gasteiger partial charge in [0.25, 0.3) is 0 Å². The van der Waals surface area contributed by atoms with E-state index in [2.05, 4.69) is 0 Å². The summed E-state index contributed by atoms with van der Waals surface area (Å²) in [6.07, 6.45) is 2.39. The van der Waals surface area contributed by atoms with E-state index in [1.54, 1.807) is 12.1 Å². The van der Waals surface area contributed by atoms with E-state index in [0.29, 0.717) is 17.9 Å². The first-order valence-corrected chi connectivity index (χ1v) is 7.48. The number of nitrogens with two attached hydrogens (primary N) is 1. The molecule has 0 spiro atoms. The minimum atomic E-state index is -2.92. The minimum absolute atomic E-state index is 0.129. The molecular weight excluding hydrogens is 246 g/mol. The first-order valence-electron chi connectivity index (χ1n) is 5.04. The maximum absolute atomic E-state index is 11.0. The van der Waals surface area contributed by atoms with Crippen LogP contribution >= 0.6 is 11.6 Å². The molecular formula is C11H16ClNO2S. The molecule has 0 saturated carbocycles. The lowest BCUT2D eigenvalue weighted by atomic mass is 10.1. The van der Waals surface area contributed by atoms with Crippen LogP contribution in [0.15, 0.2) is 24.3 Å². The average molecular weight is 262 g/mol. The number of benzene rings is 1. The molecule has 1 rings (SSSR count). The molecule has 0 aromatic heterocycles. The van der Waals surface area contributed by atoms with E-state index in [1.165, 1.54) is 6.26 Å². The second-order valence-electron chi connectivity index (χ2n) is 4.01. The first kappa shape index (κ1) is 13.5. The largest absolute Gasteiger partial charge is 0.327 e. The van der Waals surface area contributed by atoms with Crippen molar-refractivity contribution in [2.45, 2.75) is 18.9 Å². The monoisotopic (exact) mass is 261 g/mol.